The Kier molecular flexibility index (Phi) is 4.96. The lowest BCUT2D eigenvalue weighted by atomic mass is 9.97. The standard InChI is InChI=1S/C15H18INO2/c1-11(18)9-14-7-2-3-8-17(14)15(19)12-5-4-6-13(16)10-12/h4-6,10,14H,2-3,7-9H2,1H3. The predicted octanol–water partition coefficient (Wildman–Crippen LogP) is 3.27. The lowest BCUT2D eigenvalue weighted by Crippen LogP contribution is -2.44. The molecular weight excluding hydrogens is 353 g/mol. The van der Waals surface area contributed by atoms with Gasteiger partial charge in [0.2, 0.25) is 0 Å². The Morgan fingerprint density at radius 2 is 2.16 bits per heavy atom. The van der Waals surface area contributed by atoms with Crippen LogP contribution in [0.5, 0.6) is 0 Å². The number of piperidine rings is 1. The Bertz CT molecular complexity index is 487. The number of carbonyl (C=O) groups is 2. The maximum Gasteiger partial charge on any atom is 0.254 e. The number of Topliss-reactive ketones (excluding diaryl/α,β-unsaturated/α-hetero) is 1. The van der Waals surface area contributed by atoms with E-state index in [-0.39, 0.29) is 17.7 Å². The van der Waals surface area contributed by atoms with Crippen LogP contribution in [0.25, 0.3) is 0 Å². The topological polar surface area (TPSA) is 37.4 Å². The zero-order valence-corrected chi connectivity index (χ0v) is 13.2. The molecule has 4 heteroatoms. The molecule has 3 nitrogen and oxygen atoms in total. The van der Waals surface area contributed by atoms with Gasteiger partial charge in [-0.3, -0.25) is 9.59 Å². The van der Waals surface area contributed by atoms with Crippen molar-refractivity contribution in [2.45, 2.75) is 38.6 Å². The van der Waals surface area contributed by atoms with E-state index in [9.17, 15) is 9.59 Å². The van der Waals surface area contributed by atoms with E-state index in [0.717, 1.165) is 34.9 Å². The molecule has 102 valence electrons. The van der Waals surface area contributed by atoms with E-state index in [1.807, 2.05) is 29.2 Å². The van der Waals surface area contributed by atoms with E-state index in [1.165, 1.54) is 0 Å². The van der Waals surface area contributed by atoms with Crippen molar-refractivity contribution < 1.29 is 9.59 Å². The van der Waals surface area contributed by atoms with Gasteiger partial charge in [0.25, 0.3) is 5.91 Å². The molecule has 1 atom stereocenters. The van der Waals surface area contributed by atoms with Gasteiger partial charge >= 0.3 is 0 Å². The van der Waals surface area contributed by atoms with Crippen molar-refractivity contribution in [1.82, 2.24) is 4.90 Å². The second-order valence-corrected chi connectivity index (χ2v) is 6.31. The molecule has 0 bridgehead atoms. The monoisotopic (exact) mass is 371 g/mol. The molecule has 1 fully saturated rings. The van der Waals surface area contributed by atoms with Gasteiger partial charge in [0.1, 0.15) is 5.78 Å². The molecule has 1 aromatic carbocycles. The first-order chi connectivity index (χ1) is 9.08. The molecule has 0 aromatic heterocycles. The fourth-order valence-electron chi connectivity index (χ4n) is 2.60. The smallest absolute Gasteiger partial charge is 0.254 e. The number of carbonyl (C=O) groups excluding carboxylic acids is 2. The van der Waals surface area contributed by atoms with Crippen LogP contribution in [0.3, 0.4) is 0 Å². The Hall–Kier alpha value is -0.910. The summed E-state index contributed by atoms with van der Waals surface area (Å²) < 4.78 is 1.06. The summed E-state index contributed by atoms with van der Waals surface area (Å²) in [5, 5.41) is 0. The molecule has 0 radical (unpaired) electrons. The molecule has 2 rings (SSSR count). The van der Waals surface area contributed by atoms with Crippen molar-refractivity contribution in [1.29, 1.82) is 0 Å². The van der Waals surface area contributed by atoms with Crippen LogP contribution in [-0.4, -0.2) is 29.2 Å². The summed E-state index contributed by atoms with van der Waals surface area (Å²) in [6.07, 6.45) is 3.56. The minimum atomic E-state index is 0.0597. The average molecular weight is 371 g/mol. The van der Waals surface area contributed by atoms with Crippen molar-refractivity contribution in [2.24, 2.45) is 0 Å². The Morgan fingerprint density at radius 3 is 2.84 bits per heavy atom. The van der Waals surface area contributed by atoms with Gasteiger partial charge < -0.3 is 4.90 Å². The van der Waals surface area contributed by atoms with Gasteiger partial charge in [-0.05, 0) is 67.0 Å². The number of hydrogen-bond acceptors (Lipinski definition) is 2. The minimum absolute atomic E-state index is 0.0597. The fraction of sp³-hybridized carbons (Fsp3) is 0.467. The summed E-state index contributed by atoms with van der Waals surface area (Å²) in [5.74, 6) is 0.219. The molecule has 0 saturated carbocycles. The third kappa shape index (κ3) is 3.78. The van der Waals surface area contributed by atoms with Crippen LogP contribution in [0.1, 0.15) is 43.0 Å². The van der Waals surface area contributed by atoms with E-state index in [1.54, 1.807) is 6.92 Å². The summed E-state index contributed by atoms with van der Waals surface area (Å²) in [5.41, 5.74) is 0.724. The fourth-order valence-corrected chi connectivity index (χ4v) is 3.14. The number of hydrogen-bond donors (Lipinski definition) is 0. The Balaban J connectivity index is 2.17. The number of amides is 1. The first-order valence-electron chi connectivity index (χ1n) is 6.64. The summed E-state index contributed by atoms with van der Waals surface area (Å²) >= 11 is 2.21. The molecular formula is C15H18INO2. The summed E-state index contributed by atoms with van der Waals surface area (Å²) in [6.45, 7) is 2.37. The molecule has 1 aliphatic heterocycles. The van der Waals surface area contributed by atoms with Gasteiger partial charge in [0.15, 0.2) is 0 Å². The van der Waals surface area contributed by atoms with Crippen LogP contribution < -0.4 is 0 Å². The van der Waals surface area contributed by atoms with Crippen LogP contribution in [0.15, 0.2) is 24.3 Å². The van der Waals surface area contributed by atoms with Gasteiger partial charge in [-0.25, -0.2) is 0 Å². The van der Waals surface area contributed by atoms with Crippen molar-refractivity contribution in [3.8, 4) is 0 Å². The molecule has 0 aliphatic carbocycles. The molecule has 0 spiro atoms. The third-order valence-electron chi connectivity index (χ3n) is 3.48. The molecule has 0 N–H and O–H groups in total. The number of ketones is 1. The third-order valence-corrected chi connectivity index (χ3v) is 4.15. The molecule has 1 aliphatic rings. The summed E-state index contributed by atoms with van der Waals surface area (Å²) in [7, 11) is 0. The van der Waals surface area contributed by atoms with Crippen molar-refractivity contribution >= 4 is 34.3 Å². The van der Waals surface area contributed by atoms with E-state index in [2.05, 4.69) is 22.6 Å². The average Bonchev–Trinajstić information content (AvgIpc) is 2.38. The van der Waals surface area contributed by atoms with Gasteiger partial charge in [-0.1, -0.05) is 6.07 Å². The lowest BCUT2D eigenvalue weighted by molar-refractivity contribution is -0.118. The van der Waals surface area contributed by atoms with Crippen LogP contribution in [0, 0.1) is 3.57 Å². The zero-order valence-electron chi connectivity index (χ0n) is 11.1. The Labute approximate surface area is 127 Å². The lowest BCUT2D eigenvalue weighted by Gasteiger charge is -2.35. The van der Waals surface area contributed by atoms with Gasteiger partial charge in [0, 0.05) is 28.1 Å². The minimum Gasteiger partial charge on any atom is -0.335 e. The highest BCUT2D eigenvalue weighted by molar-refractivity contribution is 14.1. The first kappa shape index (κ1) is 14.5. The molecule has 1 heterocycles. The van der Waals surface area contributed by atoms with Crippen LogP contribution in [0.4, 0.5) is 0 Å². The maximum atomic E-state index is 12.6. The number of benzene rings is 1. The highest BCUT2D eigenvalue weighted by Crippen LogP contribution is 2.22. The normalized spacial score (nSPS) is 19.3. The Morgan fingerprint density at radius 1 is 1.37 bits per heavy atom. The second-order valence-electron chi connectivity index (χ2n) is 5.06. The highest BCUT2D eigenvalue weighted by atomic mass is 127. The summed E-state index contributed by atoms with van der Waals surface area (Å²) in [4.78, 5) is 25.8. The molecule has 1 amide bonds. The zero-order chi connectivity index (χ0) is 13.8. The van der Waals surface area contributed by atoms with Gasteiger partial charge in [0.05, 0.1) is 0 Å². The quantitative estimate of drug-likeness (QED) is 0.765. The second kappa shape index (κ2) is 6.50. The molecule has 19 heavy (non-hydrogen) atoms. The number of halogens is 1. The molecule has 1 unspecified atom stereocenters. The van der Waals surface area contributed by atoms with Crippen molar-refractivity contribution in [3.63, 3.8) is 0 Å². The van der Waals surface area contributed by atoms with Crippen LogP contribution in [0.2, 0.25) is 0 Å². The van der Waals surface area contributed by atoms with Crippen molar-refractivity contribution in [2.75, 3.05) is 6.54 Å². The largest absolute Gasteiger partial charge is 0.335 e. The SMILES string of the molecule is CC(=O)CC1CCCCN1C(=O)c1cccc(I)c1. The van der Waals surface area contributed by atoms with Crippen LogP contribution >= 0.6 is 22.6 Å². The van der Waals surface area contributed by atoms with Crippen molar-refractivity contribution in [3.05, 3.63) is 33.4 Å². The summed E-state index contributed by atoms with van der Waals surface area (Å²) in [6, 6.07) is 7.71. The van der Waals surface area contributed by atoms with E-state index in [4.69, 9.17) is 0 Å². The molecule has 1 saturated heterocycles. The van der Waals surface area contributed by atoms with Gasteiger partial charge in [-0.2, -0.15) is 0 Å². The van der Waals surface area contributed by atoms with E-state index >= 15 is 0 Å². The maximum absolute atomic E-state index is 12.6. The van der Waals surface area contributed by atoms with Gasteiger partial charge in [-0.15, -0.1) is 0 Å². The number of rotatable bonds is 3. The predicted molar refractivity (Wildman–Crippen MR) is 83.1 cm³/mol. The van der Waals surface area contributed by atoms with Crippen LogP contribution in [-0.2, 0) is 4.79 Å². The number of nitrogens with zero attached hydrogens (tertiary/aromatic N) is 1. The highest BCUT2D eigenvalue weighted by Gasteiger charge is 2.28. The molecule has 1 aromatic rings. The van der Waals surface area contributed by atoms with E-state index < -0.39 is 0 Å². The van der Waals surface area contributed by atoms with E-state index in [0.29, 0.717) is 6.42 Å². The number of likely N-dealkylation sites (tertiary alicyclic amines) is 1. The first-order valence-corrected chi connectivity index (χ1v) is 7.72.